The normalized spacial score (nSPS) is 12.1. The van der Waals surface area contributed by atoms with Gasteiger partial charge in [0.15, 0.2) is 0 Å². The lowest BCUT2D eigenvalue weighted by Gasteiger charge is -2.08. The molecule has 1 aromatic carbocycles. The maximum atomic E-state index is 11.5. The van der Waals surface area contributed by atoms with E-state index in [2.05, 4.69) is 15.5 Å². The van der Waals surface area contributed by atoms with E-state index in [0.717, 1.165) is 12.0 Å². The standard InChI is InChI=1S/C14H17N3O2/c1-3-7-12(18)15-10(2)14-16-13(17-19-14)11-8-5-4-6-9-11/h4-6,8-10H,3,7H2,1-2H3,(H,15,18). The minimum absolute atomic E-state index is 0.00513. The third-order valence-electron chi connectivity index (χ3n) is 2.70. The largest absolute Gasteiger partial charge is 0.345 e. The van der Waals surface area contributed by atoms with Crippen molar-refractivity contribution in [3.63, 3.8) is 0 Å². The summed E-state index contributed by atoms with van der Waals surface area (Å²) in [4.78, 5) is 15.8. The second kappa shape index (κ2) is 6.13. The van der Waals surface area contributed by atoms with Gasteiger partial charge in [-0.25, -0.2) is 0 Å². The molecule has 1 aromatic heterocycles. The van der Waals surface area contributed by atoms with Crippen molar-refractivity contribution in [1.29, 1.82) is 0 Å². The number of nitrogens with zero attached hydrogens (tertiary/aromatic N) is 2. The Bertz CT molecular complexity index is 537. The molecule has 0 aliphatic carbocycles. The number of hydrogen-bond donors (Lipinski definition) is 1. The third kappa shape index (κ3) is 3.40. The fraction of sp³-hybridized carbons (Fsp3) is 0.357. The van der Waals surface area contributed by atoms with Gasteiger partial charge in [-0.2, -0.15) is 4.98 Å². The molecule has 0 aliphatic heterocycles. The van der Waals surface area contributed by atoms with Gasteiger partial charge in [-0.3, -0.25) is 4.79 Å². The predicted octanol–water partition coefficient (Wildman–Crippen LogP) is 2.71. The Balaban J connectivity index is 2.07. The average molecular weight is 259 g/mol. The maximum Gasteiger partial charge on any atom is 0.249 e. The van der Waals surface area contributed by atoms with Crippen LogP contribution in [0.4, 0.5) is 0 Å². The van der Waals surface area contributed by atoms with Crippen molar-refractivity contribution in [3.8, 4) is 11.4 Å². The number of nitrogens with one attached hydrogen (secondary N) is 1. The SMILES string of the molecule is CCCC(=O)NC(C)c1nc(-c2ccccc2)no1. The van der Waals surface area contributed by atoms with Crippen molar-refractivity contribution >= 4 is 5.91 Å². The van der Waals surface area contributed by atoms with Gasteiger partial charge in [0.25, 0.3) is 0 Å². The lowest BCUT2D eigenvalue weighted by Crippen LogP contribution is -2.26. The summed E-state index contributed by atoms with van der Waals surface area (Å²) in [5.74, 6) is 0.949. The van der Waals surface area contributed by atoms with Crippen LogP contribution in [0.1, 0.15) is 38.6 Å². The van der Waals surface area contributed by atoms with Gasteiger partial charge in [0, 0.05) is 12.0 Å². The summed E-state index contributed by atoms with van der Waals surface area (Å²) in [5, 5.41) is 6.75. The lowest BCUT2D eigenvalue weighted by molar-refractivity contribution is -0.121. The summed E-state index contributed by atoms with van der Waals surface area (Å²) in [6.45, 7) is 3.79. The van der Waals surface area contributed by atoms with Crippen molar-refractivity contribution in [2.24, 2.45) is 0 Å². The van der Waals surface area contributed by atoms with Gasteiger partial charge < -0.3 is 9.84 Å². The van der Waals surface area contributed by atoms with E-state index in [4.69, 9.17) is 4.52 Å². The van der Waals surface area contributed by atoms with Crippen LogP contribution < -0.4 is 5.32 Å². The molecular weight excluding hydrogens is 242 g/mol. The molecule has 1 atom stereocenters. The first-order chi connectivity index (χ1) is 9.20. The summed E-state index contributed by atoms with van der Waals surface area (Å²) in [5.41, 5.74) is 0.893. The van der Waals surface area contributed by atoms with Crippen LogP contribution in [0.25, 0.3) is 11.4 Å². The Morgan fingerprint density at radius 2 is 2.11 bits per heavy atom. The van der Waals surface area contributed by atoms with Gasteiger partial charge in [0.05, 0.1) is 0 Å². The zero-order valence-corrected chi connectivity index (χ0v) is 11.1. The van der Waals surface area contributed by atoms with E-state index in [-0.39, 0.29) is 11.9 Å². The topological polar surface area (TPSA) is 68.0 Å². The van der Waals surface area contributed by atoms with Gasteiger partial charge in [-0.05, 0) is 13.3 Å². The number of amides is 1. The quantitative estimate of drug-likeness (QED) is 0.896. The molecule has 1 heterocycles. The lowest BCUT2D eigenvalue weighted by atomic mass is 10.2. The first-order valence-electron chi connectivity index (χ1n) is 6.39. The van der Waals surface area contributed by atoms with E-state index in [1.165, 1.54) is 0 Å². The van der Waals surface area contributed by atoms with Crippen LogP contribution in [0.5, 0.6) is 0 Å². The molecule has 0 spiro atoms. The van der Waals surface area contributed by atoms with Gasteiger partial charge in [0.2, 0.25) is 17.6 Å². The van der Waals surface area contributed by atoms with Crippen molar-refractivity contribution in [3.05, 3.63) is 36.2 Å². The van der Waals surface area contributed by atoms with E-state index in [1.807, 2.05) is 44.2 Å². The molecule has 0 saturated carbocycles. The Hall–Kier alpha value is -2.17. The van der Waals surface area contributed by atoms with Crippen LogP contribution in [0.15, 0.2) is 34.9 Å². The molecule has 0 saturated heterocycles. The molecule has 2 rings (SSSR count). The minimum Gasteiger partial charge on any atom is -0.345 e. The predicted molar refractivity (Wildman–Crippen MR) is 71.2 cm³/mol. The molecule has 5 heteroatoms. The number of hydrogen-bond acceptors (Lipinski definition) is 4. The van der Waals surface area contributed by atoms with E-state index >= 15 is 0 Å². The molecule has 19 heavy (non-hydrogen) atoms. The van der Waals surface area contributed by atoms with E-state index in [9.17, 15) is 4.79 Å². The van der Waals surface area contributed by atoms with Gasteiger partial charge in [-0.15, -0.1) is 0 Å². The second-order valence-corrected chi connectivity index (χ2v) is 4.36. The molecule has 0 radical (unpaired) electrons. The molecular formula is C14H17N3O2. The number of aromatic nitrogens is 2. The smallest absolute Gasteiger partial charge is 0.249 e. The van der Waals surface area contributed by atoms with Crippen molar-refractivity contribution < 1.29 is 9.32 Å². The summed E-state index contributed by atoms with van der Waals surface area (Å²) >= 11 is 0. The van der Waals surface area contributed by atoms with Gasteiger partial charge in [-0.1, -0.05) is 42.4 Å². The maximum absolute atomic E-state index is 11.5. The highest BCUT2D eigenvalue weighted by atomic mass is 16.5. The Labute approximate surface area is 112 Å². The molecule has 100 valence electrons. The van der Waals surface area contributed by atoms with Crippen LogP contribution in [-0.2, 0) is 4.79 Å². The van der Waals surface area contributed by atoms with Gasteiger partial charge >= 0.3 is 0 Å². The highest BCUT2D eigenvalue weighted by molar-refractivity contribution is 5.76. The van der Waals surface area contributed by atoms with Crippen LogP contribution >= 0.6 is 0 Å². The minimum atomic E-state index is -0.274. The summed E-state index contributed by atoms with van der Waals surface area (Å²) < 4.78 is 5.18. The fourth-order valence-electron chi connectivity index (χ4n) is 1.72. The molecule has 0 aliphatic rings. The molecule has 1 unspecified atom stereocenters. The van der Waals surface area contributed by atoms with E-state index in [0.29, 0.717) is 18.1 Å². The summed E-state index contributed by atoms with van der Waals surface area (Å²) in [7, 11) is 0. The van der Waals surface area contributed by atoms with Crippen LogP contribution in [0, 0.1) is 0 Å². The zero-order valence-electron chi connectivity index (χ0n) is 11.1. The van der Waals surface area contributed by atoms with Crippen molar-refractivity contribution in [2.45, 2.75) is 32.7 Å². The van der Waals surface area contributed by atoms with Crippen LogP contribution in [0.3, 0.4) is 0 Å². The third-order valence-corrected chi connectivity index (χ3v) is 2.70. The highest BCUT2D eigenvalue weighted by Gasteiger charge is 2.16. The van der Waals surface area contributed by atoms with Crippen LogP contribution in [-0.4, -0.2) is 16.0 Å². The summed E-state index contributed by atoms with van der Waals surface area (Å²) in [6.07, 6.45) is 1.32. The number of benzene rings is 1. The highest BCUT2D eigenvalue weighted by Crippen LogP contribution is 2.18. The van der Waals surface area contributed by atoms with E-state index in [1.54, 1.807) is 0 Å². The molecule has 1 N–H and O–H groups in total. The Kier molecular flexibility index (Phi) is 4.28. The molecule has 0 bridgehead atoms. The number of carbonyl (C=O) groups is 1. The molecule has 1 amide bonds. The molecule has 5 nitrogen and oxygen atoms in total. The van der Waals surface area contributed by atoms with E-state index < -0.39 is 0 Å². The second-order valence-electron chi connectivity index (χ2n) is 4.36. The Morgan fingerprint density at radius 1 is 1.37 bits per heavy atom. The zero-order chi connectivity index (χ0) is 13.7. The average Bonchev–Trinajstić information content (AvgIpc) is 2.89. The monoisotopic (exact) mass is 259 g/mol. The van der Waals surface area contributed by atoms with Crippen molar-refractivity contribution in [2.75, 3.05) is 0 Å². The first-order valence-corrected chi connectivity index (χ1v) is 6.39. The Morgan fingerprint density at radius 3 is 2.79 bits per heavy atom. The first kappa shape index (κ1) is 13.3. The fourth-order valence-corrected chi connectivity index (χ4v) is 1.72. The number of carbonyl (C=O) groups excluding carboxylic acids is 1. The molecule has 2 aromatic rings. The van der Waals surface area contributed by atoms with Gasteiger partial charge in [0.1, 0.15) is 6.04 Å². The molecule has 0 fully saturated rings. The summed E-state index contributed by atoms with van der Waals surface area (Å²) in [6, 6.07) is 9.31. The number of rotatable bonds is 5. The van der Waals surface area contributed by atoms with Crippen LogP contribution in [0.2, 0.25) is 0 Å². The van der Waals surface area contributed by atoms with Crippen molar-refractivity contribution in [1.82, 2.24) is 15.5 Å².